The molecule has 0 bridgehead atoms. The maximum Gasteiger partial charge on any atom is 0.282 e. The number of nitro groups is 1. The van der Waals surface area contributed by atoms with Crippen molar-refractivity contribution < 1.29 is 19.3 Å². The van der Waals surface area contributed by atoms with E-state index in [1.165, 1.54) is 28.0 Å². The van der Waals surface area contributed by atoms with E-state index in [0.717, 1.165) is 10.9 Å². The predicted octanol–water partition coefficient (Wildman–Crippen LogP) is 6.38. The number of hydrogen-bond donors (Lipinski definition) is 0. The predicted molar refractivity (Wildman–Crippen MR) is 154 cm³/mol. The highest BCUT2D eigenvalue weighted by molar-refractivity contribution is 6.25. The molecule has 8 nitrogen and oxygen atoms in total. The zero-order valence-corrected chi connectivity index (χ0v) is 22.6. The second-order valence-corrected chi connectivity index (χ2v) is 10.9. The van der Waals surface area contributed by atoms with Gasteiger partial charge in [-0.15, -0.1) is 0 Å². The molecular weight excluding hydrogens is 506 g/mol. The van der Waals surface area contributed by atoms with Crippen LogP contribution < -0.4 is 4.90 Å². The number of carbonyl (C=O) groups is 3. The zero-order chi connectivity index (χ0) is 28.6. The minimum Gasteiger partial charge on any atom is -0.308 e. The first-order valence-corrected chi connectivity index (χ1v) is 13.1. The molecule has 8 heteroatoms. The normalized spacial score (nSPS) is 13.0. The van der Waals surface area contributed by atoms with Crippen molar-refractivity contribution in [2.45, 2.75) is 32.6 Å². The Kier molecular flexibility index (Phi) is 6.94. The SMILES string of the molecule is CC(C)(C)c1ccc(N(CCCN2C(=O)c3cccc4cccc(c34)C2=O)C(=O)c2ccccc2[N+](=O)[O-])cc1. The van der Waals surface area contributed by atoms with Crippen molar-refractivity contribution in [1.82, 2.24) is 4.90 Å². The van der Waals surface area contributed by atoms with Crippen LogP contribution >= 0.6 is 0 Å². The third-order valence-electron chi connectivity index (χ3n) is 7.24. The molecule has 202 valence electrons. The van der Waals surface area contributed by atoms with Crippen LogP contribution in [0, 0.1) is 10.1 Å². The summed E-state index contributed by atoms with van der Waals surface area (Å²) in [6.07, 6.45) is 0.281. The minimum atomic E-state index is -0.572. The molecule has 0 saturated heterocycles. The second kappa shape index (κ2) is 10.4. The van der Waals surface area contributed by atoms with E-state index in [1.54, 1.807) is 30.3 Å². The zero-order valence-electron chi connectivity index (χ0n) is 22.6. The molecule has 0 aromatic heterocycles. The summed E-state index contributed by atoms with van der Waals surface area (Å²) in [4.78, 5) is 54.1. The highest BCUT2D eigenvalue weighted by Gasteiger charge is 2.33. The van der Waals surface area contributed by atoms with Gasteiger partial charge in [0.1, 0.15) is 5.56 Å². The van der Waals surface area contributed by atoms with Crippen molar-refractivity contribution in [3.63, 3.8) is 0 Å². The van der Waals surface area contributed by atoms with Crippen LogP contribution in [0.1, 0.15) is 63.8 Å². The maximum atomic E-state index is 13.7. The van der Waals surface area contributed by atoms with Gasteiger partial charge in [-0.1, -0.05) is 69.3 Å². The minimum absolute atomic E-state index is 0.0295. The van der Waals surface area contributed by atoms with E-state index in [4.69, 9.17) is 0 Å². The summed E-state index contributed by atoms with van der Waals surface area (Å²) in [6, 6.07) is 24.1. The monoisotopic (exact) mass is 535 g/mol. The lowest BCUT2D eigenvalue weighted by molar-refractivity contribution is -0.385. The maximum absolute atomic E-state index is 13.7. The lowest BCUT2D eigenvalue weighted by Crippen LogP contribution is -2.42. The van der Waals surface area contributed by atoms with Gasteiger partial charge >= 0.3 is 0 Å². The molecule has 0 spiro atoms. The van der Waals surface area contributed by atoms with Crippen LogP contribution in [0.25, 0.3) is 10.8 Å². The summed E-state index contributed by atoms with van der Waals surface area (Å²) in [7, 11) is 0. The number of benzene rings is 4. The number of para-hydroxylation sites is 1. The van der Waals surface area contributed by atoms with Crippen molar-refractivity contribution in [2.75, 3.05) is 18.0 Å². The van der Waals surface area contributed by atoms with Gasteiger partial charge in [0.2, 0.25) is 0 Å². The number of hydrogen-bond acceptors (Lipinski definition) is 5. The van der Waals surface area contributed by atoms with Gasteiger partial charge < -0.3 is 4.90 Å². The molecule has 0 aliphatic carbocycles. The third-order valence-corrected chi connectivity index (χ3v) is 7.24. The van der Waals surface area contributed by atoms with Gasteiger partial charge in [-0.25, -0.2) is 0 Å². The Morgan fingerprint density at radius 2 is 1.45 bits per heavy atom. The number of nitro benzene ring substituents is 1. The lowest BCUT2D eigenvalue weighted by atomic mass is 9.87. The standard InChI is InChI=1S/C32H29N3O5/c1-32(2,3)22-15-17-23(18-16-22)33(29(36)24-11-4-5-14-27(24)35(39)40)19-8-20-34-30(37)25-12-6-9-21-10-7-13-26(28(21)25)31(34)38/h4-7,9-18H,8,19-20H2,1-3H3. The van der Waals surface area contributed by atoms with E-state index in [-0.39, 0.29) is 48.0 Å². The second-order valence-electron chi connectivity index (χ2n) is 10.9. The number of nitrogens with zero attached hydrogens (tertiary/aromatic N) is 3. The molecule has 0 radical (unpaired) electrons. The topological polar surface area (TPSA) is 101 Å². The van der Waals surface area contributed by atoms with Crippen LogP contribution in [0.5, 0.6) is 0 Å². The van der Waals surface area contributed by atoms with Gasteiger partial charge in [-0.3, -0.25) is 29.4 Å². The van der Waals surface area contributed by atoms with E-state index in [0.29, 0.717) is 22.2 Å². The number of imide groups is 1. The summed E-state index contributed by atoms with van der Waals surface area (Å²) in [5.74, 6) is -1.27. The van der Waals surface area contributed by atoms with Crippen molar-refractivity contribution in [3.8, 4) is 0 Å². The third kappa shape index (κ3) is 4.84. The Labute approximate surface area is 232 Å². The first-order chi connectivity index (χ1) is 19.1. The number of amides is 3. The average Bonchev–Trinajstić information content (AvgIpc) is 2.94. The molecule has 1 aliphatic rings. The van der Waals surface area contributed by atoms with E-state index in [9.17, 15) is 24.5 Å². The molecular formula is C32H29N3O5. The molecule has 0 saturated carbocycles. The van der Waals surface area contributed by atoms with Gasteiger partial charge in [-0.05, 0) is 53.1 Å². The van der Waals surface area contributed by atoms with Crippen molar-refractivity contribution in [3.05, 3.63) is 117 Å². The van der Waals surface area contributed by atoms with Crippen LogP contribution in [0.2, 0.25) is 0 Å². The number of rotatable bonds is 7. The van der Waals surface area contributed by atoms with E-state index < -0.39 is 10.8 Å². The Morgan fingerprint density at radius 1 is 0.850 bits per heavy atom. The Balaban J connectivity index is 1.43. The summed E-state index contributed by atoms with van der Waals surface area (Å²) in [5, 5.41) is 13.2. The molecule has 1 aliphatic heterocycles. The molecule has 4 aromatic rings. The van der Waals surface area contributed by atoms with E-state index in [1.807, 2.05) is 36.4 Å². The molecule has 0 N–H and O–H groups in total. The van der Waals surface area contributed by atoms with Crippen molar-refractivity contribution >= 4 is 39.9 Å². The molecule has 40 heavy (non-hydrogen) atoms. The molecule has 1 heterocycles. The van der Waals surface area contributed by atoms with Gasteiger partial charge in [-0.2, -0.15) is 0 Å². The van der Waals surface area contributed by atoms with Gasteiger partial charge in [0.15, 0.2) is 0 Å². The Hall–Kier alpha value is -4.85. The van der Waals surface area contributed by atoms with E-state index >= 15 is 0 Å². The first kappa shape index (κ1) is 26.7. The van der Waals surface area contributed by atoms with Gasteiger partial charge in [0.25, 0.3) is 23.4 Å². The molecule has 3 amide bonds. The largest absolute Gasteiger partial charge is 0.308 e. The molecule has 4 aromatic carbocycles. The lowest BCUT2D eigenvalue weighted by Gasteiger charge is -2.29. The summed E-state index contributed by atoms with van der Waals surface area (Å²) >= 11 is 0. The number of carbonyl (C=O) groups excluding carboxylic acids is 3. The Bertz CT molecular complexity index is 1600. The fourth-order valence-corrected chi connectivity index (χ4v) is 5.12. The van der Waals surface area contributed by atoms with Crippen LogP contribution in [0.3, 0.4) is 0 Å². The summed E-state index contributed by atoms with van der Waals surface area (Å²) in [6.45, 7) is 6.49. The fourth-order valence-electron chi connectivity index (χ4n) is 5.12. The first-order valence-electron chi connectivity index (χ1n) is 13.1. The smallest absolute Gasteiger partial charge is 0.282 e. The van der Waals surface area contributed by atoms with E-state index in [2.05, 4.69) is 20.8 Å². The van der Waals surface area contributed by atoms with Crippen LogP contribution in [-0.4, -0.2) is 40.6 Å². The fraction of sp³-hybridized carbons (Fsp3) is 0.219. The van der Waals surface area contributed by atoms with Gasteiger partial charge in [0, 0.05) is 41.4 Å². The molecule has 5 rings (SSSR count). The van der Waals surface area contributed by atoms with Crippen LogP contribution in [-0.2, 0) is 5.41 Å². The molecule has 0 unspecified atom stereocenters. The Morgan fingerprint density at radius 3 is 2.02 bits per heavy atom. The van der Waals surface area contributed by atoms with Crippen molar-refractivity contribution in [2.24, 2.45) is 0 Å². The number of anilines is 1. The van der Waals surface area contributed by atoms with Crippen LogP contribution in [0.4, 0.5) is 11.4 Å². The average molecular weight is 536 g/mol. The summed E-state index contributed by atoms with van der Waals surface area (Å²) in [5.41, 5.74) is 2.18. The highest BCUT2D eigenvalue weighted by atomic mass is 16.6. The summed E-state index contributed by atoms with van der Waals surface area (Å²) < 4.78 is 0. The highest BCUT2D eigenvalue weighted by Crippen LogP contribution is 2.31. The van der Waals surface area contributed by atoms with Crippen LogP contribution in [0.15, 0.2) is 84.9 Å². The quantitative estimate of drug-likeness (QED) is 0.155. The van der Waals surface area contributed by atoms with Gasteiger partial charge in [0.05, 0.1) is 4.92 Å². The molecule has 0 atom stereocenters. The van der Waals surface area contributed by atoms with Crippen molar-refractivity contribution in [1.29, 1.82) is 0 Å². The molecule has 0 fully saturated rings.